The maximum absolute atomic E-state index is 5.34. The summed E-state index contributed by atoms with van der Waals surface area (Å²) in [7, 11) is 0. The van der Waals surface area contributed by atoms with Crippen LogP contribution >= 0.6 is 15.9 Å². The first-order chi connectivity index (χ1) is 6.38. The van der Waals surface area contributed by atoms with E-state index in [9.17, 15) is 0 Å². The van der Waals surface area contributed by atoms with Crippen LogP contribution in [0, 0.1) is 5.92 Å². The van der Waals surface area contributed by atoms with Crippen molar-refractivity contribution in [3.63, 3.8) is 0 Å². The van der Waals surface area contributed by atoms with Gasteiger partial charge in [-0.05, 0) is 18.8 Å². The van der Waals surface area contributed by atoms with Gasteiger partial charge in [0, 0.05) is 25.6 Å². The summed E-state index contributed by atoms with van der Waals surface area (Å²) in [4.78, 5) is 2.75. The van der Waals surface area contributed by atoms with Crippen LogP contribution in [0.25, 0.3) is 0 Å². The van der Waals surface area contributed by atoms with Gasteiger partial charge in [0.25, 0.3) is 0 Å². The van der Waals surface area contributed by atoms with Crippen molar-refractivity contribution in [2.45, 2.75) is 17.8 Å². The first-order valence-electron chi connectivity index (χ1n) is 4.75. The Balaban J connectivity index is 1.87. The van der Waals surface area contributed by atoms with E-state index >= 15 is 0 Å². The Morgan fingerprint density at radius 3 is 2.85 bits per heavy atom. The molecule has 0 aromatic carbocycles. The Hall–Kier alpha value is -0.220. The number of alkyl halides is 1. The van der Waals surface area contributed by atoms with Crippen LogP contribution in [0.3, 0.4) is 0 Å². The molecule has 1 unspecified atom stereocenters. The van der Waals surface area contributed by atoms with Crippen molar-refractivity contribution in [3.8, 4) is 0 Å². The summed E-state index contributed by atoms with van der Waals surface area (Å²) < 4.78 is 5.34. The number of halogens is 1. The fourth-order valence-electron chi connectivity index (χ4n) is 1.79. The van der Waals surface area contributed by atoms with E-state index in [-0.39, 0.29) is 0 Å². The number of ether oxygens (including phenoxy) is 1. The molecule has 0 aliphatic carbocycles. The van der Waals surface area contributed by atoms with Gasteiger partial charge < -0.3 is 15.0 Å². The Labute approximate surface area is 87.2 Å². The normalized spacial score (nSPS) is 26.1. The average Bonchev–Trinajstić information content (AvgIpc) is 2.71. The van der Waals surface area contributed by atoms with Crippen molar-refractivity contribution in [2.75, 3.05) is 19.9 Å². The van der Waals surface area contributed by atoms with Gasteiger partial charge in [-0.1, -0.05) is 15.9 Å². The van der Waals surface area contributed by atoms with E-state index in [2.05, 4.69) is 32.3 Å². The maximum atomic E-state index is 5.34. The second-order valence-corrected chi connectivity index (χ2v) is 4.45. The van der Waals surface area contributed by atoms with Crippen LogP contribution < -0.4 is 5.32 Å². The molecule has 4 heteroatoms. The smallest absolute Gasteiger partial charge is 0.0888 e. The molecule has 0 amide bonds. The van der Waals surface area contributed by atoms with Gasteiger partial charge in [-0.3, -0.25) is 0 Å². The molecule has 0 aromatic heterocycles. The van der Waals surface area contributed by atoms with E-state index < -0.39 is 0 Å². The van der Waals surface area contributed by atoms with Crippen LogP contribution in [-0.4, -0.2) is 29.7 Å². The first kappa shape index (κ1) is 9.34. The van der Waals surface area contributed by atoms with E-state index in [0.717, 1.165) is 25.8 Å². The van der Waals surface area contributed by atoms with Crippen LogP contribution in [0.15, 0.2) is 12.4 Å². The molecule has 2 aliphatic rings. The fourth-order valence-corrected chi connectivity index (χ4v) is 2.60. The standard InChI is InChI=1S/C9H15BrN2O/c10-9(12-4-3-11-7-12)8-1-5-13-6-2-8/h3-4,8-9,11H,1-2,5-7H2. The lowest BCUT2D eigenvalue weighted by atomic mass is 10.00. The zero-order valence-corrected chi connectivity index (χ0v) is 9.16. The lowest BCUT2D eigenvalue weighted by Crippen LogP contribution is -2.36. The van der Waals surface area contributed by atoms with Gasteiger partial charge in [0.15, 0.2) is 0 Å². The molecule has 2 aliphatic heterocycles. The van der Waals surface area contributed by atoms with Crippen molar-refractivity contribution in [3.05, 3.63) is 12.4 Å². The lowest BCUT2D eigenvalue weighted by Gasteiger charge is -2.32. The minimum absolute atomic E-state index is 0.461. The summed E-state index contributed by atoms with van der Waals surface area (Å²) >= 11 is 3.75. The quantitative estimate of drug-likeness (QED) is 0.590. The Kier molecular flexibility index (Phi) is 3.11. The molecule has 0 radical (unpaired) electrons. The number of hydrogen-bond acceptors (Lipinski definition) is 3. The van der Waals surface area contributed by atoms with E-state index in [1.165, 1.54) is 12.8 Å². The molecule has 0 spiro atoms. The van der Waals surface area contributed by atoms with Crippen LogP contribution in [0.5, 0.6) is 0 Å². The molecule has 1 atom stereocenters. The predicted molar refractivity (Wildman–Crippen MR) is 55.2 cm³/mol. The van der Waals surface area contributed by atoms with E-state index in [1.54, 1.807) is 0 Å². The molecule has 74 valence electrons. The van der Waals surface area contributed by atoms with Crippen molar-refractivity contribution in [1.82, 2.24) is 10.2 Å². The van der Waals surface area contributed by atoms with Gasteiger partial charge in [0.1, 0.15) is 0 Å². The summed E-state index contributed by atoms with van der Waals surface area (Å²) in [5.74, 6) is 0.721. The molecule has 1 saturated heterocycles. The van der Waals surface area contributed by atoms with Crippen LogP contribution in [0.4, 0.5) is 0 Å². The molecule has 0 aromatic rings. The topological polar surface area (TPSA) is 24.5 Å². The van der Waals surface area contributed by atoms with Crippen LogP contribution in [0.1, 0.15) is 12.8 Å². The number of rotatable bonds is 2. The van der Waals surface area contributed by atoms with E-state index in [0.29, 0.717) is 4.95 Å². The SMILES string of the molecule is BrC(C1CCOCC1)N1C=CNC1. The van der Waals surface area contributed by atoms with Crippen molar-refractivity contribution in [2.24, 2.45) is 5.92 Å². The lowest BCUT2D eigenvalue weighted by molar-refractivity contribution is 0.0541. The highest BCUT2D eigenvalue weighted by molar-refractivity contribution is 9.09. The Bertz CT molecular complexity index is 192. The number of nitrogens with zero attached hydrogens (tertiary/aromatic N) is 1. The summed E-state index contributed by atoms with van der Waals surface area (Å²) in [5, 5.41) is 3.18. The molecule has 1 fully saturated rings. The number of nitrogens with one attached hydrogen (secondary N) is 1. The molecule has 0 saturated carbocycles. The second-order valence-electron chi connectivity index (χ2n) is 3.51. The largest absolute Gasteiger partial charge is 0.381 e. The summed E-state index contributed by atoms with van der Waals surface area (Å²) in [6, 6.07) is 0. The van der Waals surface area contributed by atoms with Crippen molar-refractivity contribution >= 4 is 15.9 Å². The van der Waals surface area contributed by atoms with Gasteiger partial charge in [-0.2, -0.15) is 0 Å². The third kappa shape index (κ3) is 2.17. The predicted octanol–water partition coefficient (Wildman–Crippen LogP) is 1.47. The minimum atomic E-state index is 0.461. The molecule has 2 rings (SSSR count). The monoisotopic (exact) mass is 246 g/mol. The molecule has 3 nitrogen and oxygen atoms in total. The van der Waals surface area contributed by atoms with E-state index in [1.807, 2.05) is 6.20 Å². The number of hydrogen-bond donors (Lipinski definition) is 1. The zero-order valence-electron chi connectivity index (χ0n) is 7.58. The average molecular weight is 247 g/mol. The zero-order chi connectivity index (χ0) is 9.10. The highest BCUT2D eigenvalue weighted by atomic mass is 79.9. The molecule has 13 heavy (non-hydrogen) atoms. The van der Waals surface area contributed by atoms with Crippen LogP contribution in [-0.2, 0) is 4.74 Å². The molecular weight excluding hydrogens is 232 g/mol. The van der Waals surface area contributed by atoms with Crippen molar-refractivity contribution < 1.29 is 4.74 Å². The summed E-state index contributed by atoms with van der Waals surface area (Å²) in [6.07, 6.45) is 6.43. The minimum Gasteiger partial charge on any atom is -0.381 e. The van der Waals surface area contributed by atoms with Gasteiger partial charge >= 0.3 is 0 Å². The van der Waals surface area contributed by atoms with Gasteiger partial charge in [-0.15, -0.1) is 0 Å². The fraction of sp³-hybridized carbons (Fsp3) is 0.778. The molecule has 0 bridgehead atoms. The Morgan fingerprint density at radius 1 is 1.46 bits per heavy atom. The highest BCUT2D eigenvalue weighted by Crippen LogP contribution is 2.27. The maximum Gasteiger partial charge on any atom is 0.0888 e. The Morgan fingerprint density at radius 2 is 2.23 bits per heavy atom. The van der Waals surface area contributed by atoms with Gasteiger partial charge in [0.05, 0.1) is 11.6 Å². The van der Waals surface area contributed by atoms with Gasteiger partial charge in [-0.25, -0.2) is 0 Å². The first-order valence-corrected chi connectivity index (χ1v) is 5.67. The van der Waals surface area contributed by atoms with Crippen LogP contribution in [0.2, 0.25) is 0 Å². The summed E-state index contributed by atoms with van der Waals surface area (Å²) in [6.45, 7) is 2.75. The highest BCUT2D eigenvalue weighted by Gasteiger charge is 2.26. The molecular formula is C9H15BrN2O. The third-order valence-electron chi connectivity index (χ3n) is 2.63. The molecule has 1 N–H and O–H groups in total. The summed E-state index contributed by atoms with van der Waals surface area (Å²) in [5.41, 5.74) is 0. The van der Waals surface area contributed by atoms with Gasteiger partial charge in [0.2, 0.25) is 0 Å². The third-order valence-corrected chi connectivity index (χ3v) is 3.90. The molecule has 2 heterocycles. The second kappa shape index (κ2) is 4.33. The van der Waals surface area contributed by atoms with Crippen molar-refractivity contribution in [1.29, 1.82) is 0 Å². The van der Waals surface area contributed by atoms with E-state index in [4.69, 9.17) is 4.74 Å².